The van der Waals surface area contributed by atoms with Crippen LogP contribution < -0.4 is 10.2 Å². The van der Waals surface area contributed by atoms with E-state index in [-0.39, 0.29) is 17.7 Å². The number of benzene rings is 2. The third-order valence-electron chi connectivity index (χ3n) is 5.69. The highest BCUT2D eigenvalue weighted by atomic mass is 32.1. The van der Waals surface area contributed by atoms with E-state index in [1.165, 1.54) is 4.70 Å². The van der Waals surface area contributed by atoms with Crippen LogP contribution in [0.1, 0.15) is 25.0 Å². The fraction of sp³-hybridized carbons (Fsp3) is 0.240. The van der Waals surface area contributed by atoms with Crippen LogP contribution in [0, 0.1) is 0 Å². The predicted octanol–water partition coefficient (Wildman–Crippen LogP) is 5.02. The second-order valence-corrected chi connectivity index (χ2v) is 9.13. The number of rotatable bonds is 6. The van der Waals surface area contributed by atoms with Crippen molar-refractivity contribution in [1.82, 2.24) is 9.97 Å². The lowest BCUT2D eigenvalue weighted by Gasteiger charge is -2.21. The van der Waals surface area contributed by atoms with E-state index < -0.39 is 0 Å². The Morgan fingerprint density at radius 3 is 2.69 bits per heavy atom. The van der Waals surface area contributed by atoms with Crippen LogP contribution in [-0.4, -0.2) is 33.6 Å². The van der Waals surface area contributed by atoms with Gasteiger partial charge in [-0.2, -0.15) is 0 Å². The average Bonchev–Trinajstić information content (AvgIpc) is 3.35. The Morgan fingerprint density at radius 2 is 1.91 bits per heavy atom. The Balaban J connectivity index is 1.52. The van der Waals surface area contributed by atoms with Crippen molar-refractivity contribution >= 4 is 39.0 Å². The maximum Gasteiger partial charge on any atom is 0.233 e. The van der Waals surface area contributed by atoms with E-state index in [9.17, 15) is 9.90 Å². The summed E-state index contributed by atoms with van der Waals surface area (Å²) in [6, 6.07) is 15.5. The van der Waals surface area contributed by atoms with E-state index in [4.69, 9.17) is 9.97 Å². The third-order valence-corrected chi connectivity index (χ3v) is 6.65. The van der Waals surface area contributed by atoms with Gasteiger partial charge in [0.05, 0.1) is 6.42 Å². The number of aromatic nitrogens is 2. The van der Waals surface area contributed by atoms with E-state index >= 15 is 0 Å². The zero-order valence-electron chi connectivity index (χ0n) is 18.0. The summed E-state index contributed by atoms with van der Waals surface area (Å²) >= 11 is 1.67. The molecule has 1 aliphatic heterocycles. The molecule has 0 aliphatic carbocycles. The first-order valence-electron chi connectivity index (χ1n) is 10.7. The molecule has 0 spiro atoms. The van der Waals surface area contributed by atoms with Crippen LogP contribution in [0.4, 0.5) is 11.6 Å². The molecule has 0 bridgehead atoms. The molecule has 1 aliphatic rings. The predicted molar refractivity (Wildman–Crippen MR) is 129 cm³/mol. The van der Waals surface area contributed by atoms with Crippen molar-refractivity contribution in [2.24, 2.45) is 0 Å². The Bertz CT molecular complexity index is 1300. The fourth-order valence-corrected chi connectivity index (χ4v) is 5.07. The van der Waals surface area contributed by atoms with Crippen molar-refractivity contribution in [3.63, 3.8) is 0 Å². The molecule has 2 aromatic carbocycles. The second kappa shape index (κ2) is 8.24. The SMILES string of the molecule is CC(C)N1C(=O)Cc2c(NCCc3ccc(O)cc3)nc(-c3csc4ccccc34)nc21. The van der Waals surface area contributed by atoms with Crippen LogP contribution in [0.5, 0.6) is 5.75 Å². The maximum absolute atomic E-state index is 12.8. The standard InChI is InChI=1S/C25H24N4O2S/c1-15(2)29-22(31)13-19-23(26-12-11-16-7-9-17(30)10-8-16)27-24(28-25(19)29)20-14-32-21-6-4-3-5-18(20)21/h3-10,14-15,30H,11-13H2,1-2H3,(H,26,27,28). The van der Waals surface area contributed by atoms with Crippen LogP contribution in [0.15, 0.2) is 53.9 Å². The van der Waals surface area contributed by atoms with Crippen molar-refractivity contribution < 1.29 is 9.90 Å². The molecule has 0 fully saturated rings. The summed E-state index contributed by atoms with van der Waals surface area (Å²) in [5.74, 6) is 2.37. The smallest absolute Gasteiger partial charge is 0.233 e. The molecule has 7 heteroatoms. The molecule has 0 saturated heterocycles. The minimum atomic E-state index is 0.0237. The number of fused-ring (bicyclic) bond motifs is 2. The van der Waals surface area contributed by atoms with Gasteiger partial charge in [0.15, 0.2) is 5.82 Å². The van der Waals surface area contributed by atoms with Crippen molar-refractivity contribution in [2.75, 3.05) is 16.8 Å². The number of aromatic hydroxyl groups is 1. The zero-order chi connectivity index (χ0) is 22.2. The van der Waals surface area contributed by atoms with Crippen LogP contribution >= 0.6 is 11.3 Å². The number of hydrogen-bond acceptors (Lipinski definition) is 6. The number of hydrogen-bond donors (Lipinski definition) is 2. The van der Waals surface area contributed by atoms with Crippen molar-refractivity contribution in [3.8, 4) is 17.1 Å². The molecule has 0 radical (unpaired) electrons. The summed E-state index contributed by atoms with van der Waals surface area (Å²) in [5.41, 5.74) is 2.96. The minimum Gasteiger partial charge on any atom is -0.508 e. The van der Waals surface area contributed by atoms with Crippen LogP contribution in [0.3, 0.4) is 0 Å². The number of amides is 1. The molecular formula is C25H24N4O2S. The lowest BCUT2D eigenvalue weighted by molar-refractivity contribution is -0.117. The number of thiophene rings is 1. The van der Waals surface area contributed by atoms with Crippen LogP contribution in [0.25, 0.3) is 21.5 Å². The van der Waals surface area contributed by atoms with Gasteiger partial charge in [0, 0.05) is 39.2 Å². The number of carbonyl (C=O) groups excluding carboxylic acids is 1. The van der Waals surface area contributed by atoms with Gasteiger partial charge in [-0.05, 0) is 44.0 Å². The number of carbonyl (C=O) groups is 1. The highest BCUT2D eigenvalue weighted by Gasteiger charge is 2.34. The molecule has 0 unspecified atom stereocenters. The Morgan fingerprint density at radius 1 is 1.12 bits per heavy atom. The highest BCUT2D eigenvalue weighted by Crippen LogP contribution is 2.38. The van der Waals surface area contributed by atoms with Gasteiger partial charge in [-0.3, -0.25) is 9.69 Å². The monoisotopic (exact) mass is 444 g/mol. The average molecular weight is 445 g/mol. The normalized spacial score (nSPS) is 13.2. The largest absolute Gasteiger partial charge is 0.508 e. The molecule has 5 rings (SSSR count). The summed E-state index contributed by atoms with van der Waals surface area (Å²) in [5, 5.41) is 16.1. The number of phenolic OH excluding ortho intramolecular Hbond substituents is 1. The highest BCUT2D eigenvalue weighted by molar-refractivity contribution is 7.17. The van der Waals surface area contributed by atoms with Crippen molar-refractivity contribution in [1.29, 1.82) is 0 Å². The summed E-state index contributed by atoms with van der Waals surface area (Å²) < 4.78 is 1.19. The number of nitrogens with zero attached hydrogens (tertiary/aromatic N) is 3. The molecule has 0 atom stereocenters. The minimum absolute atomic E-state index is 0.0237. The number of anilines is 2. The van der Waals surface area contributed by atoms with Gasteiger partial charge in [-0.15, -0.1) is 11.3 Å². The van der Waals surface area contributed by atoms with Gasteiger partial charge in [-0.1, -0.05) is 30.3 Å². The van der Waals surface area contributed by atoms with Gasteiger partial charge in [0.1, 0.15) is 17.4 Å². The van der Waals surface area contributed by atoms with Gasteiger partial charge in [0.2, 0.25) is 5.91 Å². The first kappa shape index (κ1) is 20.5. The fourth-order valence-electron chi connectivity index (χ4n) is 4.13. The molecule has 1 amide bonds. The van der Waals surface area contributed by atoms with Gasteiger partial charge in [-0.25, -0.2) is 9.97 Å². The van der Waals surface area contributed by atoms with E-state index in [2.05, 4.69) is 22.8 Å². The van der Waals surface area contributed by atoms with E-state index in [1.54, 1.807) is 28.4 Å². The van der Waals surface area contributed by atoms with E-state index in [1.807, 2.05) is 38.1 Å². The van der Waals surface area contributed by atoms with E-state index in [0.717, 1.165) is 34.3 Å². The maximum atomic E-state index is 12.8. The Hall–Kier alpha value is -3.45. The molecule has 6 nitrogen and oxygen atoms in total. The molecule has 2 N–H and O–H groups in total. The molecular weight excluding hydrogens is 420 g/mol. The van der Waals surface area contributed by atoms with Crippen LogP contribution in [-0.2, 0) is 17.6 Å². The number of phenols is 1. The molecule has 2 aromatic heterocycles. The number of nitrogens with one attached hydrogen (secondary N) is 1. The zero-order valence-corrected chi connectivity index (χ0v) is 18.8. The lowest BCUT2D eigenvalue weighted by atomic mass is 10.1. The third kappa shape index (κ3) is 3.69. The van der Waals surface area contributed by atoms with Crippen LogP contribution in [0.2, 0.25) is 0 Å². The summed E-state index contributed by atoms with van der Waals surface area (Å²) in [6.07, 6.45) is 1.08. The molecule has 0 saturated carbocycles. The van der Waals surface area contributed by atoms with Gasteiger partial charge < -0.3 is 10.4 Å². The molecule has 32 heavy (non-hydrogen) atoms. The first-order valence-corrected chi connectivity index (χ1v) is 11.6. The van der Waals surface area contributed by atoms with Crippen molar-refractivity contribution in [2.45, 2.75) is 32.7 Å². The van der Waals surface area contributed by atoms with Crippen molar-refractivity contribution in [3.05, 3.63) is 65.0 Å². The Kier molecular flexibility index (Phi) is 5.27. The quantitative estimate of drug-likeness (QED) is 0.437. The van der Waals surface area contributed by atoms with E-state index in [0.29, 0.717) is 24.6 Å². The summed E-state index contributed by atoms with van der Waals surface area (Å²) in [4.78, 5) is 24.3. The molecule has 3 heterocycles. The molecule has 162 valence electrons. The lowest BCUT2D eigenvalue weighted by Crippen LogP contribution is -2.34. The summed E-state index contributed by atoms with van der Waals surface area (Å²) in [7, 11) is 0. The summed E-state index contributed by atoms with van der Waals surface area (Å²) in [6.45, 7) is 4.67. The second-order valence-electron chi connectivity index (χ2n) is 8.22. The Labute approximate surface area is 190 Å². The first-order chi connectivity index (χ1) is 15.5. The van der Waals surface area contributed by atoms with Gasteiger partial charge >= 0.3 is 0 Å². The topological polar surface area (TPSA) is 78.4 Å². The van der Waals surface area contributed by atoms with Gasteiger partial charge in [0.25, 0.3) is 0 Å². The molecule has 4 aromatic rings.